The van der Waals surface area contributed by atoms with Gasteiger partial charge >= 0.3 is 0 Å². The first-order valence-electron chi connectivity index (χ1n) is 7.86. The summed E-state index contributed by atoms with van der Waals surface area (Å²) in [6.45, 7) is 2.32. The Bertz CT molecular complexity index is 607. The standard InChI is InChI=1S/C16H25FN2O3S/c1-18(2)23(20,21)11-10-19-9-5-7-15(12-19)22-13-14-6-3-4-8-16(14)17/h3-4,6,8,15H,5,7,9-13H2,1-2H3/t15-/m0/s1. The molecule has 0 saturated carbocycles. The Morgan fingerprint density at radius 3 is 2.78 bits per heavy atom. The fraction of sp³-hybridized carbons (Fsp3) is 0.625. The van der Waals surface area contributed by atoms with Crippen LogP contribution < -0.4 is 0 Å². The van der Waals surface area contributed by atoms with Crippen molar-refractivity contribution in [1.29, 1.82) is 0 Å². The van der Waals surface area contributed by atoms with Crippen molar-refractivity contribution in [2.24, 2.45) is 0 Å². The van der Waals surface area contributed by atoms with Crippen molar-refractivity contribution < 1.29 is 17.5 Å². The van der Waals surface area contributed by atoms with Crippen LogP contribution in [-0.2, 0) is 21.4 Å². The molecule has 0 amide bonds. The van der Waals surface area contributed by atoms with E-state index in [0.717, 1.165) is 19.4 Å². The Balaban J connectivity index is 1.81. The second-order valence-electron chi connectivity index (χ2n) is 6.07. The van der Waals surface area contributed by atoms with Crippen LogP contribution >= 0.6 is 0 Å². The molecule has 1 aromatic carbocycles. The van der Waals surface area contributed by atoms with Crippen molar-refractivity contribution in [3.8, 4) is 0 Å². The van der Waals surface area contributed by atoms with E-state index >= 15 is 0 Å². The molecular weight excluding hydrogens is 319 g/mol. The van der Waals surface area contributed by atoms with Gasteiger partial charge in [-0.15, -0.1) is 0 Å². The second kappa shape index (κ2) is 8.19. The van der Waals surface area contributed by atoms with Gasteiger partial charge in [-0.1, -0.05) is 18.2 Å². The number of nitrogens with zero attached hydrogens (tertiary/aromatic N) is 2. The molecule has 1 saturated heterocycles. The molecule has 0 unspecified atom stereocenters. The van der Waals surface area contributed by atoms with E-state index < -0.39 is 10.0 Å². The van der Waals surface area contributed by atoms with Crippen molar-refractivity contribution in [2.45, 2.75) is 25.6 Å². The Labute approximate surface area is 138 Å². The minimum Gasteiger partial charge on any atom is -0.372 e. The minimum absolute atomic E-state index is 0.0189. The lowest BCUT2D eigenvalue weighted by Crippen LogP contribution is -2.42. The molecule has 2 rings (SSSR count). The summed E-state index contributed by atoms with van der Waals surface area (Å²) < 4.78 is 44.3. The van der Waals surface area contributed by atoms with Gasteiger partial charge in [-0.2, -0.15) is 0 Å². The Morgan fingerprint density at radius 2 is 2.09 bits per heavy atom. The Kier molecular flexibility index (Phi) is 6.52. The predicted molar refractivity (Wildman–Crippen MR) is 88.1 cm³/mol. The quantitative estimate of drug-likeness (QED) is 0.755. The number of sulfonamides is 1. The number of ether oxygens (including phenoxy) is 1. The van der Waals surface area contributed by atoms with Crippen LogP contribution in [0.2, 0.25) is 0 Å². The van der Waals surface area contributed by atoms with E-state index in [2.05, 4.69) is 4.90 Å². The molecule has 1 atom stereocenters. The van der Waals surface area contributed by atoms with Gasteiger partial charge in [0.05, 0.1) is 18.5 Å². The summed E-state index contributed by atoms with van der Waals surface area (Å²) in [6, 6.07) is 6.60. The third kappa shape index (κ3) is 5.53. The molecule has 1 aliphatic heterocycles. The van der Waals surface area contributed by atoms with Crippen molar-refractivity contribution in [1.82, 2.24) is 9.21 Å². The van der Waals surface area contributed by atoms with Gasteiger partial charge in [0.1, 0.15) is 5.82 Å². The first-order chi connectivity index (χ1) is 10.9. The number of piperidine rings is 1. The fourth-order valence-electron chi connectivity index (χ4n) is 2.60. The molecular formula is C16H25FN2O3S. The summed E-state index contributed by atoms with van der Waals surface area (Å²) in [5, 5.41) is 0. The average molecular weight is 344 g/mol. The van der Waals surface area contributed by atoms with Crippen LogP contribution in [0.3, 0.4) is 0 Å². The topological polar surface area (TPSA) is 49.9 Å². The van der Waals surface area contributed by atoms with Crippen LogP contribution in [0, 0.1) is 5.82 Å². The van der Waals surface area contributed by atoms with Gasteiger partial charge in [0.2, 0.25) is 10.0 Å². The van der Waals surface area contributed by atoms with Crippen molar-refractivity contribution in [2.75, 3.05) is 39.5 Å². The molecule has 0 bridgehead atoms. The van der Waals surface area contributed by atoms with Gasteiger partial charge in [0.15, 0.2) is 0 Å². The van der Waals surface area contributed by atoms with E-state index in [1.807, 2.05) is 0 Å². The van der Waals surface area contributed by atoms with Gasteiger partial charge < -0.3 is 4.74 Å². The van der Waals surface area contributed by atoms with E-state index in [1.165, 1.54) is 10.4 Å². The maximum Gasteiger partial charge on any atom is 0.214 e. The highest BCUT2D eigenvalue weighted by Gasteiger charge is 2.23. The average Bonchev–Trinajstić information content (AvgIpc) is 2.52. The van der Waals surface area contributed by atoms with E-state index in [4.69, 9.17) is 4.74 Å². The number of halogens is 1. The van der Waals surface area contributed by atoms with Gasteiger partial charge in [-0.25, -0.2) is 17.1 Å². The monoisotopic (exact) mass is 344 g/mol. The number of benzene rings is 1. The van der Waals surface area contributed by atoms with Gasteiger partial charge in [-0.3, -0.25) is 4.90 Å². The van der Waals surface area contributed by atoms with Crippen LogP contribution in [-0.4, -0.2) is 63.2 Å². The molecule has 0 aromatic heterocycles. The zero-order chi connectivity index (χ0) is 16.9. The Hall–Kier alpha value is -1.02. The van der Waals surface area contributed by atoms with Crippen molar-refractivity contribution in [3.05, 3.63) is 35.6 Å². The molecule has 0 N–H and O–H groups in total. The maximum atomic E-state index is 13.6. The molecule has 23 heavy (non-hydrogen) atoms. The zero-order valence-corrected chi connectivity index (χ0v) is 14.6. The SMILES string of the molecule is CN(C)S(=O)(=O)CCN1CCC[C@H](OCc2ccccc2F)C1. The molecule has 1 aromatic rings. The van der Waals surface area contributed by atoms with E-state index in [-0.39, 0.29) is 24.3 Å². The van der Waals surface area contributed by atoms with Crippen LogP contribution in [0.4, 0.5) is 4.39 Å². The van der Waals surface area contributed by atoms with E-state index in [0.29, 0.717) is 18.7 Å². The molecule has 1 fully saturated rings. The fourth-order valence-corrected chi connectivity index (χ4v) is 3.46. The molecule has 7 heteroatoms. The lowest BCUT2D eigenvalue weighted by molar-refractivity contribution is -0.00945. The highest BCUT2D eigenvalue weighted by molar-refractivity contribution is 7.89. The molecule has 1 heterocycles. The third-order valence-electron chi connectivity index (χ3n) is 4.12. The first-order valence-corrected chi connectivity index (χ1v) is 9.47. The normalized spacial score (nSPS) is 20.1. The highest BCUT2D eigenvalue weighted by atomic mass is 32.2. The summed E-state index contributed by atoms with van der Waals surface area (Å²) in [5.41, 5.74) is 0.555. The molecule has 130 valence electrons. The molecule has 1 aliphatic rings. The molecule has 0 radical (unpaired) electrons. The van der Waals surface area contributed by atoms with Gasteiger partial charge in [0.25, 0.3) is 0 Å². The third-order valence-corrected chi connectivity index (χ3v) is 5.93. The second-order valence-corrected chi connectivity index (χ2v) is 8.37. The molecule has 0 spiro atoms. The summed E-state index contributed by atoms with van der Waals surface area (Å²) in [5.74, 6) is -0.141. The van der Waals surface area contributed by atoms with Gasteiger partial charge in [-0.05, 0) is 25.5 Å². The zero-order valence-electron chi connectivity index (χ0n) is 13.7. The van der Waals surface area contributed by atoms with E-state index in [1.54, 1.807) is 32.3 Å². The summed E-state index contributed by atoms with van der Waals surface area (Å²) in [6.07, 6.45) is 1.90. The number of likely N-dealkylation sites (tertiary alicyclic amines) is 1. The lowest BCUT2D eigenvalue weighted by Gasteiger charge is -2.32. The number of rotatable bonds is 7. The smallest absolute Gasteiger partial charge is 0.214 e. The van der Waals surface area contributed by atoms with Crippen LogP contribution in [0.25, 0.3) is 0 Å². The molecule has 0 aliphatic carbocycles. The van der Waals surface area contributed by atoms with Crippen LogP contribution in [0.5, 0.6) is 0 Å². The van der Waals surface area contributed by atoms with E-state index in [9.17, 15) is 12.8 Å². The minimum atomic E-state index is -3.17. The molecule has 5 nitrogen and oxygen atoms in total. The maximum absolute atomic E-state index is 13.6. The lowest BCUT2D eigenvalue weighted by atomic mass is 10.1. The number of hydrogen-bond donors (Lipinski definition) is 0. The predicted octanol–water partition coefficient (Wildman–Crippen LogP) is 1.70. The largest absolute Gasteiger partial charge is 0.372 e. The highest BCUT2D eigenvalue weighted by Crippen LogP contribution is 2.16. The summed E-state index contributed by atoms with van der Waals surface area (Å²) >= 11 is 0. The Morgan fingerprint density at radius 1 is 1.35 bits per heavy atom. The van der Waals surface area contributed by atoms with Crippen molar-refractivity contribution in [3.63, 3.8) is 0 Å². The number of hydrogen-bond acceptors (Lipinski definition) is 4. The first kappa shape index (κ1) is 18.3. The summed E-state index contributed by atoms with van der Waals surface area (Å²) in [7, 11) is -0.0797. The van der Waals surface area contributed by atoms with Crippen LogP contribution in [0.15, 0.2) is 24.3 Å². The van der Waals surface area contributed by atoms with Crippen molar-refractivity contribution >= 4 is 10.0 Å². The van der Waals surface area contributed by atoms with Gasteiger partial charge in [0, 0.05) is 32.7 Å². The summed E-state index contributed by atoms with van der Waals surface area (Å²) in [4.78, 5) is 2.11. The van der Waals surface area contributed by atoms with Crippen LogP contribution in [0.1, 0.15) is 18.4 Å².